The Hall–Kier alpha value is -2.64. The highest BCUT2D eigenvalue weighted by atomic mass is 16.1. The lowest BCUT2D eigenvalue weighted by Gasteiger charge is -2.33. The fraction of sp³-hybridized carbons (Fsp3) is 0.364. The van der Waals surface area contributed by atoms with Crippen LogP contribution in [0.4, 0.5) is 5.69 Å². The van der Waals surface area contributed by atoms with Crippen LogP contribution >= 0.6 is 0 Å². The van der Waals surface area contributed by atoms with E-state index in [0.29, 0.717) is 17.2 Å². The monoisotopic (exact) mass is 347 g/mol. The molecule has 0 spiro atoms. The Balaban J connectivity index is 1.60. The Bertz CT molecular complexity index is 830. The number of hydrogen-bond donors (Lipinski definition) is 1. The van der Waals surface area contributed by atoms with Gasteiger partial charge in [0.2, 0.25) is 0 Å². The molecule has 2 aromatic carbocycles. The standard InChI is InChI=1S/C22H25N3O/c1-16-4-3-5-18(12-16)15-25-10-8-21(9-11-25)24-22-13-19(17(2)26)6-7-20(22)14-23/h3-7,12-13,21,24H,8-11,15H2,1-2H3. The number of aryl methyl sites for hydroxylation is 1. The van der Waals surface area contributed by atoms with E-state index in [0.717, 1.165) is 38.2 Å². The predicted molar refractivity (Wildman–Crippen MR) is 104 cm³/mol. The molecule has 26 heavy (non-hydrogen) atoms. The molecule has 1 N–H and O–H groups in total. The third kappa shape index (κ3) is 4.50. The molecule has 1 saturated heterocycles. The van der Waals surface area contributed by atoms with Gasteiger partial charge in [0.1, 0.15) is 6.07 Å². The highest BCUT2D eigenvalue weighted by Crippen LogP contribution is 2.22. The van der Waals surface area contributed by atoms with Gasteiger partial charge in [-0.3, -0.25) is 9.69 Å². The molecule has 1 fully saturated rings. The summed E-state index contributed by atoms with van der Waals surface area (Å²) in [5, 5.41) is 12.8. The highest BCUT2D eigenvalue weighted by Gasteiger charge is 2.20. The number of nitrogens with one attached hydrogen (secondary N) is 1. The molecule has 0 atom stereocenters. The van der Waals surface area contributed by atoms with Crippen molar-refractivity contribution in [3.63, 3.8) is 0 Å². The Kier molecular flexibility index (Phi) is 5.70. The molecule has 0 amide bonds. The largest absolute Gasteiger partial charge is 0.381 e. The number of ketones is 1. The summed E-state index contributed by atoms with van der Waals surface area (Å²) >= 11 is 0. The van der Waals surface area contributed by atoms with Crippen molar-refractivity contribution in [1.82, 2.24) is 4.90 Å². The molecule has 4 heteroatoms. The van der Waals surface area contributed by atoms with Gasteiger partial charge < -0.3 is 5.32 Å². The average molecular weight is 347 g/mol. The third-order valence-electron chi connectivity index (χ3n) is 4.98. The fourth-order valence-electron chi connectivity index (χ4n) is 3.50. The van der Waals surface area contributed by atoms with Crippen LogP contribution in [0.3, 0.4) is 0 Å². The fourth-order valence-corrected chi connectivity index (χ4v) is 3.50. The lowest BCUT2D eigenvalue weighted by molar-refractivity contribution is 0.101. The van der Waals surface area contributed by atoms with Crippen molar-refractivity contribution in [2.45, 2.75) is 39.3 Å². The SMILES string of the molecule is CC(=O)c1ccc(C#N)c(NC2CCN(Cc3cccc(C)c3)CC2)c1. The zero-order valence-electron chi connectivity index (χ0n) is 15.5. The Morgan fingerprint density at radius 3 is 2.65 bits per heavy atom. The number of Topliss-reactive ketones (excluding diaryl/α,β-unsaturated/α-hetero) is 1. The zero-order chi connectivity index (χ0) is 18.5. The minimum atomic E-state index is 0.0190. The number of anilines is 1. The van der Waals surface area contributed by atoms with Gasteiger partial charge in [-0.1, -0.05) is 29.8 Å². The Morgan fingerprint density at radius 1 is 1.23 bits per heavy atom. The Labute approximate surface area is 155 Å². The summed E-state index contributed by atoms with van der Waals surface area (Å²) in [4.78, 5) is 14.1. The van der Waals surface area contributed by atoms with Crippen LogP contribution in [0, 0.1) is 18.3 Å². The molecule has 134 valence electrons. The van der Waals surface area contributed by atoms with Gasteiger partial charge in [0.25, 0.3) is 0 Å². The third-order valence-corrected chi connectivity index (χ3v) is 4.98. The number of carbonyl (C=O) groups excluding carboxylic acids is 1. The van der Waals surface area contributed by atoms with Crippen LogP contribution in [-0.2, 0) is 6.54 Å². The molecule has 4 nitrogen and oxygen atoms in total. The van der Waals surface area contributed by atoms with E-state index in [1.165, 1.54) is 11.1 Å². The molecule has 0 radical (unpaired) electrons. The minimum absolute atomic E-state index is 0.0190. The van der Waals surface area contributed by atoms with E-state index in [1.54, 1.807) is 25.1 Å². The number of benzene rings is 2. The van der Waals surface area contributed by atoms with Crippen molar-refractivity contribution in [3.8, 4) is 6.07 Å². The molecule has 0 bridgehead atoms. The van der Waals surface area contributed by atoms with E-state index in [4.69, 9.17) is 0 Å². The number of nitrogens with zero attached hydrogens (tertiary/aromatic N) is 2. The first kappa shape index (κ1) is 18.2. The normalized spacial score (nSPS) is 15.4. The summed E-state index contributed by atoms with van der Waals surface area (Å²) < 4.78 is 0. The maximum absolute atomic E-state index is 11.6. The molecule has 0 aliphatic carbocycles. The Morgan fingerprint density at radius 2 is 2.00 bits per heavy atom. The van der Waals surface area contributed by atoms with Crippen LogP contribution in [0.25, 0.3) is 0 Å². The number of nitriles is 1. The number of likely N-dealkylation sites (tertiary alicyclic amines) is 1. The summed E-state index contributed by atoms with van der Waals surface area (Å²) in [6.07, 6.45) is 2.06. The number of hydrogen-bond acceptors (Lipinski definition) is 4. The maximum Gasteiger partial charge on any atom is 0.159 e. The van der Waals surface area contributed by atoms with Crippen molar-refractivity contribution < 1.29 is 4.79 Å². The number of carbonyl (C=O) groups is 1. The first-order valence-electron chi connectivity index (χ1n) is 9.14. The summed E-state index contributed by atoms with van der Waals surface area (Å²) in [7, 11) is 0. The lowest BCUT2D eigenvalue weighted by atomic mass is 10.0. The van der Waals surface area contributed by atoms with E-state index in [-0.39, 0.29) is 5.78 Å². The van der Waals surface area contributed by atoms with Crippen LogP contribution in [0.5, 0.6) is 0 Å². The summed E-state index contributed by atoms with van der Waals surface area (Å²) in [5.41, 5.74) is 4.67. The molecule has 3 rings (SSSR count). The summed E-state index contributed by atoms with van der Waals surface area (Å²) in [6, 6.07) is 16.5. The number of rotatable bonds is 5. The minimum Gasteiger partial charge on any atom is -0.381 e. The van der Waals surface area contributed by atoms with Gasteiger partial charge in [-0.25, -0.2) is 0 Å². The first-order chi connectivity index (χ1) is 12.5. The van der Waals surface area contributed by atoms with Gasteiger partial charge >= 0.3 is 0 Å². The van der Waals surface area contributed by atoms with Crippen LogP contribution in [0.15, 0.2) is 42.5 Å². The van der Waals surface area contributed by atoms with Crippen molar-refractivity contribution in [2.75, 3.05) is 18.4 Å². The molecule has 1 aliphatic heterocycles. The predicted octanol–water partition coefficient (Wildman–Crippen LogP) is 4.15. The van der Waals surface area contributed by atoms with Crippen molar-refractivity contribution in [3.05, 3.63) is 64.7 Å². The maximum atomic E-state index is 11.6. The smallest absolute Gasteiger partial charge is 0.159 e. The van der Waals surface area contributed by atoms with Gasteiger partial charge in [-0.15, -0.1) is 0 Å². The van der Waals surface area contributed by atoms with Gasteiger partial charge in [-0.05, 0) is 50.5 Å². The van der Waals surface area contributed by atoms with E-state index >= 15 is 0 Å². The van der Waals surface area contributed by atoms with Gasteiger partial charge in [0, 0.05) is 31.2 Å². The van der Waals surface area contributed by atoms with E-state index < -0.39 is 0 Å². The van der Waals surface area contributed by atoms with Crippen molar-refractivity contribution in [2.24, 2.45) is 0 Å². The quantitative estimate of drug-likeness (QED) is 0.826. The summed E-state index contributed by atoms with van der Waals surface area (Å²) in [6.45, 7) is 6.72. The van der Waals surface area contributed by atoms with Crippen LogP contribution in [0.1, 0.15) is 46.8 Å². The van der Waals surface area contributed by atoms with Gasteiger partial charge in [0.15, 0.2) is 5.78 Å². The second-order valence-electron chi connectivity index (χ2n) is 7.11. The second-order valence-corrected chi connectivity index (χ2v) is 7.11. The van der Waals surface area contributed by atoms with Crippen molar-refractivity contribution >= 4 is 11.5 Å². The zero-order valence-corrected chi connectivity index (χ0v) is 15.5. The molecule has 0 unspecified atom stereocenters. The highest BCUT2D eigenvalue weighted by molar-refractivity contribution is 5.95. The van der Waals surface area contributed by atoms with E-state index in [9.17, 15) is 10.1 Å². The average Bonchev–Trinajstić information content (AvgIpc) is 2.63. The summed E-state index contributed by atoms with van der Waals surface area (Å²) in [5.74, 6) is 0.0190. The second kappa shape index (κ2) is 8.16. The molecular formula is C22H25N3O. The van der Waals surface area contributed by atoms with Gasteiger partial charge in [0.05, 0.1) is 11.3 Å². The van der Waals surface area contributed by atoms with Crippen LogP contribution in [-0.4, -0.2) is 29.8 Å². The number of piperidine rings is 1. The first-order valence-corrected chi connectivity index (χ1v) is 9.14. The van der Waals surface area contributed by atoms with Crippen LogP contribution in [0.2, 0.25) is 0 Å². The molecule has 1 heterocycles. The van der Waals surface area contributed by atoms with Crippen LogP contribution < -0.4 is 5.32 Å². The molecule has 1 aliphatic rings. The lowest BCUT2D eigenvalue weighted by Crippen LogP contribution is -2.38. The molecule has 0 aromatic heterocycles. The molecule has 0 saturated carbocycles. The molecule has 2 aromatic rings. The van der Waals surface area contributed by atoms with E-state index in [2.05, 4.69) is 47.5 Å². The van der Waals surface area contributed by atoms with Crippen molar-refractivity contribution in [1.29, 1.82) is 5.26 Å². The topological polar surface area (TPSA) is 56.1 Å². The molecular weight excluding hydrogens is 322 g/mol. The van der Waals surface area contributed by atoms with E-state index in [1.807, 2.05) is 0 Å². The van der Waals surface area contributed by atoms with Gasteiger partial charge in [-0.2, -0.15) is 5.26 Å².